The highest BCUT2D eigenvalue weighted by atomic mass is 28.4. The molecule has 1 spiro atoms. The molecule has 0 aromatic rings. The smallest absolute Gasteiger partial charge is 0.331 e. The number of esters is 4. The lowest BCUT2D eigenvalue weighted by atomic mass is 9.85. The summed E-state index contributed by atoms with van der Waals surface area (Å²) in [6.07, 6.45) is 23.3. The quantitative estimate of drug-likeness (QED) is 0.0205. The summed E-state index contributed by atoms with van der Waals surface area (Å²) in [6.45, 7) is 32.3. The summed E-state index contributed by atoms with van der Waals surface area (Å²) in [4.78, 5) is 50.2. The first-order valence-corrected chi connectivity index (χ1v) is 25.5. The molecule has 2 aliphatic heterocycles. The van der Waals surface area contributed by atoms with Crippen molar-refractivity contribution in [3.8, 4) is 0 Å². The molecule has 0 N–H and O–H groups in total. The zero-order valence-electron chi connectivity index (χ0n) is 40.0. The lowest BCUT2D eigenvalue weighted by molar-refractivity contribution is -0.308. The SMILES string of the molecule is C=CCOC(=O)/C=C/[C@H](C)[C@H](/C=C/C(C)=C/C[C@H]1O[C@]2(CC[C@@H]1C)CC[C@](CCCC)([C@H](/C=C/C(C)=C/C(=O)OCC=C)OC(=O)CCC(=O)OCC=C)O2)O[Si](C)(C)C(C)(C)C. The van der Waals surface area contributed by atoms with Gasteiger partial charge in [0.15, 0.2) is 14.1 Å². The van der Waals surface area contributed by atoms with Crippen LogP contribution in [0.15, 0.2) is 97.7 Å². The molecule has 0 radical (unpaired) electrons. The Bertz CT molecular complexity index is 1700. The maximum absolute atomic E-state index is 13.4. The minimum atomic E-state index is -2.17. The van der Waals surface area contributed by atoms with E-state index < -0.39 is 49.7 Å². The van der Waals surface area contributed by atoms with Gasteiger partial charge in [-0.25, -0.2) is 9.59 Å². The molecule has 0 unspecified atom stereocenters. The number of hydrogen-bond acceptors (Lipinski definition) is 11. The molecule has 352 valence electrons. The zero-order chi connectivity index (χ0) is 47.3. The van der Waals surface area contributed by atoms with Gasteiger partial charge in [0.25, 0.3) is 0 Å². The van der Waals surface area contributed by atoms with Crippen LogP contribution in [0.5, 0.6) is 0 Å². The molecule has 2 fully saturated rings. The topological polar surface area (TPSA) is 133 Å². The largest absolute Gasteiger partial charge is 0.461 e. The average Bonchev–Trinajstić information content (AvgIpc) is 3.59. The van der Waals surface area contributed by atoms with Crippen LogP contribution in [0.1, 0.15) is 120 Å². The van der Waals surface area contributed by atoms with Crippen LogP contribution in [-0.4, -0.2) is 81.7 Å². The highest BCUT2D eigenvalue weighted by Gasteiger charge is 2.56. The van der Waals surface area contributed by atoms with Gasteiger partial charge in [0.2, 0.25) is 0 Å². The van der Waals surface area contributed by atoms with Crippen molar-refractivity contribution in [1.82, 2.24) is 0 Å². The van der Waals surface area contributed by atoms with Crippen LogP contribution in [-0.2, 0) is 52.0 Å². The second-order valence-corrected chi connectivity index (χ2v) is 23.2. The van der Waals surface area contributed by atoms with E-state index in [1.54, 1.807) is 25.2 Å². The third kappa shape index (κ3) is 18.9. The summed E-state index contributed by atoms with van der Waals surface area (Å²) < 4.78 is 42.5. The normalized spacial score (nSPS) is 23.7. The van der Waals surface area contributed by atoms with Crippen molar-refractivity contribution in [2.75, 3.05) is 19.8 Å². The first-order chi connectivity index (χ1) is 29.6. The Hall–Kier alpha value is -4.10. The summed E-state index contributed by atoms with van der Waals surface area (Å²) >= 11 is 0. The van der Waals surface area contributed by atoms with E-state index in [0.29, 0.717) is 37.7 Å². The molecule has 2 aliphatic rings. The first-order valence-electron chi connectivity index (χ1n) is 22.6. The van der Waals surface area contributed by atoms with Crippen molar-refractivity contribution in [2.45, 2.75) is 167 Å². The predicted octanol–water partition coefficient (Wildman–Crippen LogP) is 11.1. The molecule has 63 heavy (non-hydrogen) atoms. The van der Waals surface area contributed by atoms with Crippen LogP contribution in [0.25, 0.3) is 0 Å². The van der Waals surface area contributed by atoms with Gasteiger partial charge in [-0.05, 0) is 75.2 Å². The molecule has 11 nitrogen and oxygen atoms in total. The number of unbranched alkanes of at least 4 members (excludes halogenated alkanes) is 1. The maximum atomic E-state index is 13.4. The Kier molecular flexibility index (Phi) is 23.3. The second kappa shape index (κ2) is 26.6. The highest BCUT2D eigenvalue weighted by molar-refractivity contribution is 6.74. The Morgan fingerprint density at radius 1 is 0.825 bits per heavy atom. The predicted molar refractivity (Wildman–Crippen MR) is 252 cm³/mol. The van der Waals surface area contributed by atoms with E-state index >= 15 is 0 Å². The Balaban J connectivity index is 2.40. The molecule has 12 heteroatoms. The molecule has 0 bridgehead atoms. The third-order valence-corrected chi connectivity index (χ3v) is 16.5. The minimum Gasteiger partial charge on any atom is -0.461 e. The maximum Gasteiger partial charge on any atom is 0.331 e. The van der Waals surface area contributed by atoms with Gasteiger partial charge in [0, 0.05) is 30.9 Å². The summed E-state index contributed by atoms with van der Waals surface area (Å²) in [7, 11) is -2.17. The Morgan fingerprint density at radius 2 is 1.44 bits per heavy atom. The van der Waals surface area contributed by atoms with Crippen molar-refractivity contribution < 1.29 is 52.0 Å². The van der Waals surface area contributed by atoms with Crippen LogP contribution in [0.3, 0.4) is 0 Å². The molecular weight excluding hydrogens is 817 g/mol. The number of carbonyl (C=O) groups is 4. The zero-order valence-corrected chi connectivity index (χ0v) is 41.0. The molecule has 0 saturated carbocycles. The molecule has 0 aromatic carbocycles. The van der Waals surface area contributed by atoms with Crippen molar-refractivity contribution in [3.05, 3.63) is 97.7 Å². The van der Waals surface area contributed by atoms with Gasteiger partial charge < -0.3 is 32.8 Å². The fraction of sp³-hybridized carbons (Fsp3) is 0.608. The van der Waals surface area contributed by atoms with Crippen molar-refractivity contribution in [3.63, 3.8) is 0 Å². The van der Waals surface area contributed by atoms with E-state index in [0.717, 1.165) is 24.8 Å². The number of hydrogen-bond donors (Lipinski definition) is 0. The molecule has 0 aliphatic carbocycles. The van der Waals surface area contributed by atoms with Crippen LogP contribution < -0.4 is 0 Å². The van der Waals surface area contributed by atoms with Gasteiger partial charge in [0.05, 0.1) is 25.0 Å². The number of ether oxygens (including phenoxy) is 6. The minimum absolute atomic E-state index is 0.00674. The van der Waals surface area contributed by atoms with Crippen molar-refractivity contribution in [1.29, 1.82) is 0 Å². The number of rotatable bonds is 26. The lowest BCUT2D eigenvalue weighted by Gasteiger charge is -2.44. The summed E-state index contributed by atoms with van der Waals surface area (Å²) in [5, 5.41) is -0.00674. The lowest BCUT2D eigenvalue weighted by Crippen LogP contribution is -2.50. The molecule has 7 atom stereocenters. The van der Waals surface area contributed by atoms with E-state index in [1.165, 1.54) is 24.3 Å². The van der Waals surface area contributed by atoms with E-state index in [9.17, 15) is 19.2 Å². The van der Waals surface area contributed by atoms with Crippen LogP contribution in [0.2, 0.25) is 18.1 Å². The number of allylic oxidation sites excluding steroid dienone is 4. The van der Waals surface area contributed by atoms with Gasteiger partial charge >= 0.3 is 23.9 Å². The Labute approximate surface area is 379 Å². The second-order valence-electron chi connectivity index (χ2n) is 18.4. The monoisotopic (exact) mass is 895 g/mol. The van der Waals surface area contributed by atoms with Gasteiger partial charge in [0.1, 0.15) is 31.5 Å². The Morgan fingerprint density at radius 3 is 2.08 bits per heavy atom. The van der Waals surface area contributed by atoms with E-state index in [4.69, 9.17) is 32.8 Å². The molecular formula is C51H78O11Si. The summed E-state index contributed by atoms with van der Waals surface area (Å²) in [5.41, 5.74) is 0.743. The van der Waals surface area contributed by atoms with Crippen molar-refractivity contribution in [2.24, 2.45) is 11.8 Å². The molecule has 2 rings (SSSR count). The number of carbonyl (C=O) groups excluding carboxylic acids is 4. The molecule has 0 amide bonds. The summed E-state index contributed by atoms with van der Waals surface area (Å²) in [5.74, 6) is -2.73. The molecule has 2 heterocycles. The first kappa shape index (κ1) is 55.0. The van der Waals surface area contributed by atoms with E-state index in [1.807, 2.05) is 13.0 Å². The third-order valence-electron chi connectivity index (χ3n) is 12.0. The van der Waals surface area contributed by atoms with Gasteiger partial charge in [-0.2, -0.15) is 0 Å². The van der Waals surface area contributed by atoms with Crippen LogP contribution in [0.4, 0.5) is 0 Å². The van der Waals surface area contributed by atoms with E-state index in [-0.39, 0.29) is 61.7 Å². The van der Waals surface area contributed by atoms with Gasteiger partial charge in [-0.3, -0.25) is 9.59 Å². The summed E-state index contributed by atoms with van der Waals surface area (Å²) in [6, 6.07) is 0. The van der Waals surface area contributed by atoms with Crippen LogP contribution in [0, 0.1) is 11.8 Å². The van der Waals surface area contributed by atoms with Gasteiger partial charge in [-0.15, -0.1) is 0 Å². The fourth-order valence-corrected chi connectivity index (χ4v) is 8.41. The van der Waals surface area contributed by atoms with Gasteiger partial charge in [-0.1, -0.05) is 128 Å². The molecule has 2 saturated heterocycles. The average molecular weight is 895 g/mol. The van der Waals surface area contributed by atoms with Crippen LogP contribution >= 0.6 is 0 Å². The van der Waals surface area contributed by atoms with Crippen molar-refractivity contribution >= 4 is 32.2 Å². The molecule has 0 aromatic heterocycles. The highest BCUT2D eigenvalue weighted by Crippen LogP contribution is 2.51. The standard InChI is InChI=1S/C51H78O11Si/c1-14-18-30-50(44(25-21-39(6)37-48(55)58-36-17-4)59-47(54)28-27-46(53)57-35-16-3)32-33-51(62-50)31-29-41(8)42(60-51)23-19-38(5)20-24-43(61-63(12,13)49(9,10)11)40(7)22-26-45(52)56-34-15-2/h15-17,19-22,24-26,37,40-44H,2-4,14,18,23,27-36H2,1,5-13H3/b24-20+,25-21+,26-22+,38-19+,39-37+/t40-,41-,42+,43-,44-,50+,51-/m0/s1. The van der Waals surface area contributed by atoms with E-state index in [2.05, 4.69) is 92.6 Å². The fourth-order valence-electron chi connectivity index (χ4n) is 7.08.